The first-order chi connectivity index (χ1) is 9.63. The van der Waals surface area contributed by atoms with Crippen molar-refractivity contribution in [1.29, 1.82) is 0 Å². The van der Waals surface area contributed by atoms with Crippen LogP contribution in [0.5, 0.6) is 0 Å². The first-order valence-corrected chi connectivity index (χ1v) is 7.73. The summed E-state index contributed by atoms with van der Waals surface area (Å²) in [6, 6.07) is 6.72. The molecule has 0 unspecified atom stereocenters. The topological polar surface area (TPSA) is 103 Å². The Balaban J connectivity index is 1.94. The number of hydrogen-bond donors (Lipinski definition) is 2. The van der Waals surface area contributed by atoms with E-state index >= 15 is 0 Å². The zero-order chi connectivity index (χ0) is 14.4. The van der Waals surface area contributed by atoms with E-state index in [4.69, 9.17) is 5.73 Å². The van der Waals surface area contributed by atoms with E-state index in [1.807, 2.05) is 0 Å². The molecule has 8 heteroatoms. The van der Waals surface area contributed by atoms with Gasteiger partial charge in [-0.3, -0.25) is 4.68 Å². The molecule has 1 heterocycles. The molecule has 1 aromatic heterocycles. The molecular weight excluding hydrogens is 278 g/mol. The molecule has 7 nitrogen and oxygen atoms in total. The number of hydrogen-bond acceptors (Lipinski definition) is 5. The maximum atomic E-state index is 12.2. The lowest BCUT2D eigenvalue weighted by atomic mass is 10.2. The van der Waals surface area contributed by atoms with Gasteiger partial charge in [0.15, 0.2) is 0 Å². The third-order valence-corrected chi connectivity index (χ3v) is 4.37. The van der Waals surface area contributed by atoms with Crippen LogP contribution in [0.3, 0.4) is 0 Å². The van der Waals surface area contributed by atoms with Gasteiger partial charge in [-0.15, -0.1) is 5.10 Å². The second-order valence-electron chi connectivity index (χ2n) is 4.23. The first-order valence-electron chi connectivity index (χ1n) is 6.25. The highest BCUT2D eigenvalue weighted by atomic mass is 32.2. The lowest BCUT2D eigenvalue weighted by Crippen LogP contribution is -2.27. The largest absolute Gasteiger partial charge is 0.326 e. The lowest BCUT2D eigenvalue weighted by Gasteiger charge is -2.10. The van der Waals surface area contributed by atoms with E-state index in [0.29, 0.717) is 25.1 Å². The monoisotopic (exact) mass is 295 g/mol. The van der Waals surface area contributed by atoms with Crippen LogP contribution >= 0.6 is 0 Å². The van der Waals surface area contributed by atoms with Crippen LogP contribution in [0.4, 0.5) is 0 Å². The minimum absolute atomic E-state index is 0.191. The van der Waals surface area contributed by atoms with Gasteiger partial charge in [-0.05, 0) is 18.1 Å². The summed E-state index contributed by atoms with van der Waals surface area (Å²) in [6.07, 6.45) is 3.95. The fraction of sp³-hybridized carbons (Fsp3) is 0.333. The van der Waals surface area contributed by atoms with Crippen molar-refractivity contribution in [1.82, 2.24) is 19.7 Å². The highest BCUT2D eigenvalue weighted by molar-refractivity contribution is 7.89. The average molecular weight is 295 g/mol. The van der Waals surface area contributed by atoms with Gasteiger partial charge in [-0.25, -0.2) is 13.1 Å². The van der Waals surface area contributed by atoms with Crippen molar-refractivity contribution in [3.8, 4) is 0 Å². The van der Waals surface area contributed by atoms with Gasteiger partial charge in [0.2, 0.25) is 10.0 Å². The Morgan fingerprint density at radius 3 is 2.80 bits per heavy atom. The molecule has 3 N–H and O–H groups in total. The maximum absolute atomic E-state index is 12.2. The van der Waals surface area contributed by atoms with Crippen molar-refractivity contribution in [3.63, 3.8) is 0 Å². The van der Waals surface area contributed by atoms with Crippen LogP contribution in [0.1, 0.15) is 12.0 Å². The maximum Gasteiger partial charge on any atom is 0.240 e. The number of sulfonamides is 1. The Labute approximate surface area is 117 Å². The summed E-state index contributed by atoms with van der Waals surface area (Å²) >= 11 is 0. The molecule has 0 atom stereocenters. The molecule has 0 spiro atoms. The van der Waals surface area contributed by atoms with Crippen LogP contribution < -0.4 is 10.5 Å². The molecule has 0 aliphatic carbocycles. The molecule has 0 aliphatic rings. The van der Waals surface area contributed by atoms with Crippen molar-refractivity contribution in [2.45, 2.75) is 24.4 Å². The zero-order valence-corrected chi connectivity index (χ0v) is 11.8. The molecule has 0 fully saturated rings. The van der Waals surface area contributed by atoms with Gasteiger partial charge >= 0.3 is 0 Å². The quantitative estimate of drug-likeness (QED) is 0.705. The fourth-order valence-electron chi connectivity index (χ4n) is 1.81. The highest BCUT2D eigenvalue weighted by Crippen LogP contribution is 2.14. The van der Waals surface area contributed by atoms with Gasteiger partial charge in [0.1, 0.15) is 0 Å². The Kier molecular flexibility index (Phi) is 4.83. The van der Waals surface area contributed by atoms with Crippen LogP contribution in [0, 0.1) is 0 Å². The van der Waals surface area contributed by atoms with Gasteiger partial charge in [0.05, 0.1) is 11.1 Å². The highest BCUT2D eigenvalue weighted by Gasteiger charge is 2.16. The van der Waals surface area contributed by atoms with E-state index in [1.165, 1.54) is 0 Å². The van der Waals surface area contributed by atoms with Gasteiger partial charge in [-0.2, -0.15) is 0 Å². The molecule has 2 rings (SSSR count). The average Bonchev–Trinajstić information content (AvgIpc) is 2.97. The summed E-state index contributed by atoms with van der Waals surface area (Å²) in [7, 11) is -3.52. The Bertz CT molecular complexity index is 640. The van der Waals surface area contributed by atoms with E-state index < -0.39 is 10.0 Å². The molecule has 0 aliphatic heterocycles. The normalized spacial score (nSPS) is 11.7. The van der Waals surface area contributed by atoms with Gasteiger partial charge in [-0.1, -0.05) is 23.4 Å². The lowest BCUT2D eigenvalue weighted by molar-refractivity contribution is 0.542. The molecule has 0 radical (unpaired) electrons. The molecule has 0 saturated heterocycles. The van der Waals surface area contributed by atoms with Crippen molar-refractivity contribution in [2.24, 2.45) is 5.73 Å². The predicted octanol–water partition coefficient (Wildman–Crippen LogP) is 0.105. The minimum Gasteiger partial charge on any atom is -0.326 e. The van der Waals surface area contributed by atoms with Crippen molar-refractivity contribution >= 4 is 10.0 Å². The number of nitrogens with zero attached hydrogens (tertiary/aromatic N) is 3. The smallest absolute Gasteiger partial charge is 0.240 e. The van der Waals surface area contributed by atoms with Crippen molar-refractivity contribution < 1.29 is 8.42 Å². The Morgan fingerprint density at radius 2 is 2.10 bits per heavy atom. The van der Waals surface area contributed by atoms with E-state index in [-0.39, 0.29) is 11.4 Å². The van der Waals surface area contributed by atoms with E-state index in [9.17, 15) is 8.42 Å². The minimum atomic E-state index is -3.52. The number of rotatable bonds is 7. The van der Waals surface area contributed by atoms with Crippen LogP contribution in [-0.4, -0.2) is 30.0 Å². The third kappa shape index (κ3) is 3.62. The molecule has 0 bridgehead atoms. The van der Waals surface area contributed by atoms with E-state index in [1.54, 1.807) is 41.3 Å². The van der Waals surface area contributed by atoms with Crippen LogP contribution in [0.25, 0.3) is 0 Å². The van der Waals surface area contributed by atoms with Crippen LogP contribution in [-0.2, 0) is 23.1 Å². The van der Waals surface area contributed by atoms with Crippen molar-refractivity contribution in [3.05, 3.63) is 42.2 Å². The number of aromatic nitrogens is 3. The molecule has 0 saturated carbocycles. The van der Waals surface area contributed by atoms with E-state index in [0.717, 1.165) is 0 Å². The van der Waals surface area contributed by atoms with Crippen LogP contribution in [0.15, 0.2) is 41.6 Å². The molecular formula is C12H17N5O2S. The molecule has 20 heavy (non-hydrogen) atoms. The standard InChI is InChI=1S/C12H17N5O2S/c13-10-11-4-1-2-5-12(11)20(18,19)15-6-3-8-17-9-7-14-16-17/h1-2,4-5,7,9,15H,3,6,8,10,13H2. The Morgan fingerprint density at radius 1 is 1.30 bits per heavy atom. The molecule has 1 aromatic carbocycles. The van der Waals surface area contributed by atoms with Crippen LogP contribution in [0.2, 0.25) is 0 Å². The number of nitrogens with one attached hydrogen (secondary N) is 1. The summed E-state index contributed by atoms with van der Waals surface area (Å²) in [4.78, 5) is 0.239. The SMILES string of the molecule is NCc1ccccc1S(=O)(=O)NCCCn1ccnn1. The van der Waals surface area contributed by atoms with E-state index in [2.05, 4.69) is 15.0 Å². The Hall–Kier alpha value is -1.77. The zero-order valence-electron chi connectivity index (χ0n) is 10.9. The number of benzene rings is 1. The second-order valence-corrected chi connectivity index (χ2v) is 5.96. The fourth-order valence-corrected chi connectivity index (χ4v) is 3.13. The van der Waals surface area contributed by atoms with Gasteiger partial charge in [0.25, 0.3) is 0 Å². The van der Waals surface area contributed by atoms with Gasteiger partial charge in [0, 0.05) is 25.8 Å². The predicted molar refractivity (Wildman–Crippen MR) is 74.2 cm³/mol. The molecule has 108 valence electrons. The van der Waals surface area contributed by atoms with Crippen molar-refractivity contribution in [2.75, 3.05) is 6.54 Å². The summed E-state index contributed by atoms with van der Waals surface area (Å²) < 4.78 is 28.6. The summed E-state index contributed by atoms with van der Waals surface area (Å²) in [5, 5.41) is 7.49. The summed E-state index contributed by atoms with van der Waals surface area (Å²) in [6.45, 7) is 1.14. The summed E-state index contributed by atoms with van der Waals surface area (Å²) in [5.74, 6) is 0. The third-order valence-electron chi connectivity index (χ3n) is 2.81. The van der Waals surface area contributed by atoms with Gasteiger partial charge < -0.3 is 5.73 Å². The second kappa shape index (κ2) is 6.60. The first kappa shape index (κ1) is 14.6. The number of aryl methyl sites for hydroxylation is 1. The summed E-state index contributed by atoms with van der Waals surface area (Å²) in [5.41, 5.74) is 6.16. The number of nitrogens with two attached hydrogens (primary N) is 1. The molecule has 0 amide bonds. The molecule has 2 aromatic rings.